The van der Waals surface area contributed by atoms with Gasteiger partial charge in [-0.1, -0.05) is 0 Å². The van der Waals surface area contributed by atoms with Gasteiger partial charge in [-0.05, 0) is 61.8 Å². The number of likely N-dealkylation sites (tertiary alicyclic amines) is 1. The van der Waals surface area contributed by atoms with Gasteiger partial charge in [0.2, 0.25) is 11.8 Å². The molecule has 5 rings (SSSR count). The largest absolute Gasteiger partial charge is 0.398 e. The zero-order valence-corrected chi connectivity index (χ0v) is 22.1. The smallest absolute Gasteiger partial charge is 0.226 e. The van der Waals surface area contributed by atoms with Gasteiger partial charge in [-0.15, -0.1) is 11.3 Å². The van der Waals surface area contributed by atoms with Crippen molar-refractivity contribution in [1.82, 2.24) is 19.8 Å². The van der Waals surface area contributed by atoms with Crippen LogP contribution in [0.2, 0.25) is 0 Å². The van der Waals surface area contributed by atoms with Crippen LogP contribution in [0.4, 0.5) is 17.2 Å². The summed E-state index contributed by atoms with van der Waals surface area (Å²) in [5.74, 6) is 1.54. The first-order valence-corrected chi connectivity index (χ1v) is 13.6. The molecule has 1 aromatic carbocycles. The van der Waals surface area contributed by atoms with E-state index in [1.807, 2.05) is 24.1 Å². The van der Waals surface area contributed by atoms with Crippen LogP contribution in [0.3, 0.4) is 0 Å². The minimum Gasteiger partial charge on any atom is -0.398 e. The number of carbonyl (C=O) groups is 2. The summed E-state index contributed by atoms with van der Waals surface area (Å²) in [4.78, 5) is 39.9. The highest BCUT2D eigenvalue weighted by molar-refractivity contribution is 7.19. The molecule has 3 heterocycles. The molecule has 2 unspecified atom stereocenters. The van der Waals surface area contributed by atoms with Crippen molar-refractivity contribution < 1.29 is 9.59 Å². The van der Waals surface area contributed by atoms with Crippen LogP contribution in [-0.2, 0) is 22.4 Å². The fourth-order valence-corrected chi connectivity index (χ4v) is 6.66. The van der Waals surface area contributed by atoms with Gasteiger partial charge >= 0.3 is 0 Å². The summed E-state index contributed by atoms with van der Waals surface area (Å²) in [6.07, 6.45) is 7.14. The van der Waals surface area contributed by atoms with Gasteiger partial charge in [-0.3, -0.25) is 9.59 Å². The maximum atomic E-state index is 13.4. The molecule has 1 fully saturated rings. The number of aryl methyl sites for hydroxylation is 1. The predicted molar refractivity (Wildman–Crippen MR) is 148 cm³/mol. The summed E-state index contributed by atoms with van der Waals surface area (Å²) in [5, 5.41) is 12.0. The lowest BCUT2D eigenvalue weighted by molar-refractivity contribution is -0.135. The minimum atomic E-state index is -0.00387. The third kappa shape index (κ3) is 5.16. The van der Waals surface area contributed by atoms with Crippen LogP contribution in [0.5, 0.6) is 0 Å². The molecule has 0 bridgehead atoms. The maximum Gasteiger partial charge on any atom is 0.226 e. The quantitative estimate of drug-likeness (QED) is 0.321. The van der Waals surface area contributed by atoms with Gasteiger partial charge < -0.3 is 26.3 Å². The molecule has 1 saturated heterocycles. The van der Waals surface area contributed by atoms with Crippen molar-refractivity contribution in [2.75, 3.05) is 37.7 Å². The standard InChI is InChI=1S/C27H33N7O2S/c1-16(35)33(2)9-7-17-8-10-34(14-17)27(36)18-3-5-21-23(12-18)37-26-24(21)25(30-15-31-26)32-20-4-6-22(29)19(11-20)13-28/h4,6,11,13,15,17-18,28H,3,5,7-10,12,14,29H2,1-2H3,(H,30,31,32). The number of nitrogens with two attached hydrogens (primary N) is 1. The second-order valence-corrected chi connectivity index (χ2v) is 11.2. The number of nitrogen functional groups attached to an aromatic ring is 1. The average Bonchev–Trinajstić information content (AvgIpc) is 3.52. The van der Waals surface area contributed by atoms with Crippen LogP contribution in [0.1, 0.15) is 42.2 Å². The average molecular weight is 520 g/mol. The third-order valence-electron chi connectivity index (χ3n) is 7.71. The van der Waals surface area contributed by atoms with Crippen molar-refractivity contribution in [3.8, 4) is 0 Å². The molecule has 2 aromatic heterocycles. The number of hydrogen-bond acceptors (Lipinski definition) is 8. The van der Waals surface area contributed by atoms with E-state index in [4.69, 9.17) is 11.1 Å². The Balaban J connectivity index is 1.28. The van der Waals surface area contributed by atoms with Gasteiger partial charge in [0, 0.05) is 67.6 Å². The molecule has 37 heavy (non-hydrogen) atoms. The zero-order valence-electron chi connectivity index (χ0n) is 21.3. The van der Waals surface area contributed by atoms with Crippen molar-refractivity contribution in [3.63, 3.8) is 0 Å². The summed E-state index contributed by atoms with van der Waals surface area (Å²) in [6, 6.07) is 5.50. The molecule has 0 radical (unpaired) electrons. The molecule has 9 nitrogen and oxygen atoms in total. The van der Waals surface area contributed by atoms with Crippen LogP contribution < -0.4 is 11.1 Å². The van der Waals surface area contributed by atoms with Gasteiger partial charge in [0.15, 0.2) is 0 Å². The number of nitrogens with zero attached hydrogens (tertiary/aromatic N) is 4. The predicted octanol–water partition coefficient (Wildman–Crippen LogP) is 3.84. The molecule has 0 spiro atoms. The summed E-state index contributed by atoms with van der Waals surface area (Å²) in [5.41, 5.74) is 9.20. The molecule has 4 N–H and O–H groups in total. The van der Waals surface area contributed by atoms with E-state index in [0.29, 0.717) is 17.2 Å². The van der Waals surface area contributed by atoms with Gasteiger partial charge in [-0.25, -0.2) is 9.97 Å². The highest BCUT2D eigenvalue weighted by Crippen LogP contribution is 2.41. The van der Waals surface area contributed by atoms with Crippen LogP contribution >= 0.6 is 11.3 Å². The highest BCUT2D eigenvalue weighted by Gasteiger charge is 2.34. The van der Waals surface area contributed by atoms with E-state index < -0.39 is 0 Å². The third-order valence-corrected chi connectivity index (χ3v) is 8.87. The maximum absolute atomic E-state index is 13.4. The number of aromatic nitrogens is 2. The van der Waals surface area contributed by atoms with E-state index in [2.05, 4.69) is 15.3 Å². The Morgan fingerprint density at radius 2 is 2.16 bits per heavy atom. The van der Waals surface area contributed by atoms with E-state index in [1.165, 1.54) is 16.7 Å². The summed E-state index contributed by atoms with van der Waals surface area (Å²) in [6.45, 7) is 3.93. The normalized spacial score (nSPS) is 19.0. The molecule has 0 saturated carbocycles. The number of amides is 2. The molecule has 2 aliphatic rings. The first-order chi connectivity index (χ1) is 17.8. The fraction of sp³-hybridized carbons (Fsp3) is 0.444. The van der Waals surface area contributed by atoms with Gasteiger partial charge in [0.25, 0.3) is 0 Å². The molecule has 3 aromatic rings. The van der Waals surface area contributed by atoms with Crippen molar-refractivity contribution in [3.05, 3.63) is 40.5 Å². The lowest BCUT2D eigenvalue weighted by Gasteiger charge is -2.27. The van der Waals surface area contributed by atoms with Crippen molar-refractivity contribution in [2.24, 2.45) is 11.8 Å². The number of fused-ring (bicyclic) bond motifs is 3. The summed E-state index contributed by atoms with van der Waals surface area (Å²) >= 11 is 1.66. The van der Waals surface area contributed by atoms with Crippen molar-refractivity contribution >= 4 is 56.8 Å². The second-order valence-electron chi connectivity index (χ2n) is 10.1. The first-order valence-electron chi connectivity index (χ1n) is 12.8. The number of anilines is 3. The number of thiophene rings is 1. The Kier molecular flexibility index (Phi) is 7.10. The van der Waals surface area contributed by atoms with Crippen molar-refractivity contribution in [2.45, 2.75) is 39.0 Å². The Morgan fingerprint density at radius 1 is 1.32 bits per heavy atom. The Labute approximate surface area is 220 Å². The Hall–Kier alpha value is -3.53. The summed E-state index contributed by atoms with van der Waals surface area (Å²) < 4.78 is 0. The summed E-state index contributed by atoms with van der Waals surface area (Å²) in [7, 11) is 1.83. The van der Waals surface area contributed by atoms with Crippen LogP contribution in [0.25, 0.3) is 10.2 Å². The Morgan fingerprint density at radius 3 is 2.95 bits per heavy atom. The molecule has 1 aliphatic heterocycles. The molecule has 194 valence electrons. The molecular weight excluding hydrogens is 486 g/mol. The monoisotopic (exact) mass is 519 g/mol. The Bertz CT molecular complexity index is 1350. The lowest BCUT2D eigenvalue weighted by atomic mass is 9.87. The molecule has 1 aliphatic carbocycles. The number of benzene rings is 1. The fourth-order valence-electron chi connectivity index (χ4n) is 5.39. The lowest BCUT2D eigenvalue weighted by Crippen LogP contribution is -2.37. The topological polar surface area (TPSA) is 128 Å². The van der Waals surface area contributed by atoms with Crippen LogP contribution in [0, 0.1) is 17.2 Å². The van der Waals surface area contributed by atoms with Gasteiger partial charge in [0.1, 0.15) is 17.0 Å². The number of carbonyl (C=O) groups excluding carboxylic acids is 2. The zero-order chi connectivity index (χ0) is 26.1. The van der Waals surface area contributed by atoms with E-state index in [1.54, 1.807) is 35.6 Å². The van der Waals surface area contributed by atoms with E-state index in [9.17, 15) is 9.59 Å². The molecule has 2 atom stereocenters. The molecule has 10 heteroatoms. The van der Waals surface area contributed by atoms with Gasteiger partial charge in [-0.2, -0.15) is 0 Å². The molecule has 2 amide bonds. The molecular formula is C27H33N7O2S. The number of nitrogens with one attached hydrogen (secondary N) is 2. The first kappa shape index (κ1) is 25.1. The highest BCUT2D eigenvalue weighted by atomic mass is 32.1. The van der Waals surface area contributed by atoms with Crippen LogP contribution in [0.15, 0.2) is 24.5 Å². The number of hydrogen-bond donors (Lipinski definition) is 3. The van der Waals surface area contributed by atoms with Gasteiger partial charge in [0.05, 0.1) is 5.39 Å². The second kappa shape index (κ2) is 10.5. The number of rotatable bonds is 7. The van der Waals surface area contributed by atoms with E-state index in [-0.39, 0.29) is 17.7 Å². The van der Waals surface area contributed by atoms with Crippen LogP contribution in [-0.4, -0.2) is 64.5 Å². The van der Waals surface area contributed by atoms with E-state index in [0.717, 1.165) is 73.5 Å². The minimum absolute atomic E-state index is 0.00387. The SMILES string of the molecule is CC(=O)N(C)CCC1CCN(C(=O)C2CCc3c(sc4ncnc(Nc5ccc(N)c(C=N)c5)c34)C2)C1. The van der Waals surface area contributed by atoms with E-state index >= 15 is 0 Å². The van der Waals surface area contributed by atoms with Crippen molar-refractivity contribution in [1.29, 1.82) is 5.41 Å².